The van der Waals surface area contributed by atoms with Crippen LogP contribution in [0.25, 0.3) is 0 Å². The predicted molar refractivity (Wildman–Crippen MR) is 166 cm³/mol. The summed E-state index contributed by atoms with van der Waals surface area (Å²) in [6.45, 7) is 4.37. The number of aromatic nitrogens is 2. The Morgan fingerprint density at radius 2 is 1.70 bits per heavy atom. The molecular formula is C32H37F2N7O3. The minimum Gasteiger partial charge on any atom is -0.399 e. The molecule has 2 aliphatic heterocycles. The van der Waals surface area contributed by atoms with Crippen molar-refractivity contribution in [2.75, 3.05) is 66.1 Å². The zero-order valence-corrected chi connectivity index (χ0v) is 24.9. The van der Waals surface area contributed by atoms with Crippen LogP contribution in [0.4, 0.5) is 37.6 Å². The zero-order chi connectivity index (χ0) is 31.1. The van der Waals surface area contributed by atoms with Gasteiger partial charge in [-0.1, -0.05) is 12.1 Å². The van der Waals surface area contributed by atoms with Gasteiger partial charge < -0.3 is 30.9 Å². The number of nitrogens with zero attached hydrogens (tertiary/aromatic N) is 4. The molecule has 44 heavy (non-hydrogen) atoms. The van der Waals surface area contributed by atoms with Crippen molar-refractivity contribution in [2.45, 2.75) is 38.5 Å². The Balaban J connectivity index is 1.18. The first-order chi connectivity index (χ1) is 21.1. The van der Waals surface area contributed by atoms with Crippen LogP contribution in [0.2, 0.25) is 0 Å². The van der Waals surface area contributed by atoms with Crippen LogP contribution in [-0.2, 0) is 4.74 Å². The van der Waals surface area contributed by atoms with Crippen LogP contribution in [0.3, 0.4) is 0 Å². The quantitative estimate of drug-likeness (QED) is 0.308. The number of nitrogens with two attached hydrogens (primary N) is 1. The number of methoxy groups -OCH3 is 1. The maximum Gasteiger partial charge on any atom is 0.258 e. The van der Waals surface area contributed by atoms with E-state index in [0.717, 1.165) is 38.2 Å². The van der Waals surface area contributed by atoms with Gasteiger partial charge in [0.1, 0.15) is 5.82 Å². The summed E-state index contributed by atoms with van der Waals surface area (Å²) >= 11 is 0. The second-order valence-electron chi connectivity index (χ2n) is 12.2. The number of alkyl halides is 2. The van der Waals surface area contributed by atoms with Crippen LogP contribution < -0.4 is 26.2 Å². The molecule has 232 valence electrons. The van der Waals surface area contributed by atoms with Crippen LogP contribution in [0.15, 0.2) is 48.5 Å². The van der Waals surface area contributed by atoms with E-state index in [9.17, 15) is 18.4 Å². The molecule has 3 aliphatic rings. The van der Waals surface area contributed by atoms with Crippen LogP contribution in [0, 0.1) is 18.3 Å². The van der Waals surface area contributed by atoms with Gasteiger partial charge in [-0.2, -0.15) is 4.98 Å². The minimum absolute atomic E-state index is 0.123. The maximum absolute atomic E-state index is 13.7. The summed E-state index contributed by atoms with van der Waals surface area (Å²) in [5.74, 6) is -2.48. The van der Waals surface area contributed by atoms with Gasteiger partial charge in [0.15, 0.2) is 0 Å². The number of amides is 2. The SMILES string of the molecule is COCC12CCN(c3cc(N)ccc3C(=O)Nc3ccccc3C(=O)Nc3cc(C)nc(N4CCC(F)(F)CC4)n3)CC1C2. The highest BCUT2D eigenvalue weighted by Gasteiger charge is 2.56. The second kappa shape index (κ2) is 11.6. The number of halogens is 2. The molecule has 3 aromatic rings. The number of nitrogen functional groups attached to an aromatic ring is 1. The number of nitrogens with one attached hydrogen (secondary N) is 2. The van der Waals surface area contributed by atoms with Gasteiger partial charge in [0.25, 0.3) is 17.7 Å². The van der Waals surface area contributed by atoms with E-state index in [0.29, 0.717) is 28.6 Å². The fraction of sp³-hybridized carbons (Fsp3) is 0.438. The molecular weight excluding hydrogens is 568 g/mol. The van der Waals surface area contributed by atoms with E-state index >= 15 is 0 Å². The summed E-state index contributed by atoms with van der Waals surface area (Å²) in [5, 5.41) is 5.72. The Labute approximate surface area is 255 Å². The predicted octanol–water partition coefficient (Wildman–Crippen LogP) is 4.97. The third-order valence-electron chi connectivity index (χ3n) is 9.00. The summed E-state index contributed by atoms with van der Waals surface area (Å²) in [4.78, 5) is 39.9. The average molecular weight is 606 g/mol. The number of rotatable bonds is 8. The Kier molecular flexibility index (Phi) is 7.87. The Hall–Kier alpha value is -4.32. The molecule has 2 amide bonds. The first-order valence-corrected chi connectivity index (χ1v) is 14.9. The number of hydrogen-bond acceptors (Lipinski definition) is 8. The molecule has 0 spiro atoms. The Morgan fingerprint density at radius 3 is 2.45 bits per heavy atom. The number of anilines is 5. The van der Waals surface area contributed by atoms with Crippen molar-refractivity contribution in [3.8, 4) is 0 Å². The maximum atomic E-state index is 13.7. The number of ether oxygens (including phenoxy) is 1. The fourth-order valence-electron chi connectivity index (χ4n) is 6.42. The molecule has 0 radical (unpaired) electrons. The molecule has 1 aliphatic carbocycles. The second-order valence-corrected chi connectivity index (χ2v) is 12.2. The molecule has 0 bridgehead atoms. The fourth-order valence-corrected chi connectivity index (χ4v) is 6.42. The van der Waals surface area contributed by atoms with Gasteiger partial charge in [-0.05, 0) is 56.0 Å². The number of hydrogen-bond donors (Lipinski definition) is 3. The molecule has 2 atom stereocenters. The van der Waals surface area contributed by atoms with Gasteiger partial charge >= 0.3 is 0 Å². The summed E-state index contributed by atoms with van der Waals surface area (Å²) < 4.78 is 32.8. The third-order valence-corrected chi connectivity index (χ3v) is 9.00. The van der Waals surface area contributed by atoms with Crippen LogP contribution in [-0.4, -0.2) is 67.6 Å². The first-order valence-electron chi connectivity index (χ1n) is 14.9. The van der Waals surface area contributed by atoms with Gasteiger partial charge in [0.2, 0.25) is 5.95 Å². The molecule has 4 N–H and O–H groups in total. The van der Waals surface area contributed by atoms with E-state index in [1.165, 1.54) is 0 Å². The largest absolute Gasteiger partial charge is 0.399 e. The highest BCUT2D eigenvalue weighted by Crippen LogP contribution is 2.58. The number of fused-ring (bicyclic) bond motifs is 1. The molecule has 2 aromatic carbocycles. The molecule has 12 heteroatoms. The molecule has 1 saturated carbocycles. The normalized spacial score (nSPS) is 22.2. The Bertz CT molecular complexity index is 1580. The summed E-state index contributed by atoms with van der Waals surface area (Å²) in [6, 6.07) is 13.6. The third kappa shape index (κ3) is 6.17. The van der Waals surface area contributed by atoms with Crippen LogP contribution in [0.5, 0.6) is 0 Å². The molecule has 2 saturated heterocycles. The molecule has 2 unspecified atom stereocenters. The number of carbonyl (C=O) groups excluding carboxylic acids is 2. The van der Waals surface area contributed by atoms with E-state index in [-0.39, 0.29) is 54.6 Å². The molecule has 6 rings (SSSR count). The monoisotopic (exact) mass is 605 g/mol. The van der Waals surface area contributed by atoms with E-state index < -0.39 is 11.8 Å². The lowest BCUT2D eigenvalue weighted by Gasteiger charge is -2.34. The highest BCUT2D eigenvalue weighted by atomic mass is 19.3. The smallest absolute Gasteiger partial charge is 0.258 e. The number of piperidine rings is 2. The Morgan fingerprint density at radius 1 is 0.977 bits per heavy atom. The summed E-state index contributed by atoms with van der Waals surface area (Å²) in [5.41, 5.74) is 9.36. The number of para-hydroxylation sites is 1. The highest BCUT2D eigenvalue weighted by molar-refractivity contribution is 6.14. The van der Waals surface area contributed by atoms with Gasteiger partial charge in [-0.15, -0.1) is 0 Å². The number of carbonyl (C=O) groups is 2. The summed E-state index contributed by atoms with van der Waals surface area (Å²) in [7, 11) is 1.74. The topological polar surface area (TPSA) is 126 Å². The summed E-state index contributed by atoms with van der Waals surface area (Å²) in [6.07, 6.45) is 1.55. The first kappa shape index (κ1) is 29.7. The van der Waals surface area contributed by atoms with Crippen molar-refractivity contribution in [3.63, 3.8) is 0 Å². The van der Waals surface area contributed by atoms with E-state index in [1.807, 2.05) is 6.07 Å². The lowest BCUT2D eigenvalue weighted by atomic mass is 9.95. The lowest BCUT2D eigenvalue weighted by Crippen LogP contribution is -2.40. The van der Waals surface area contributed by atoms with Crippen molar-refractivity contribution < 1.29 is 23.1 Å². The molecule has 3 heterocycles. The number of aryl methyl sites for hydroxylation is 1. The lowest BCUT2D eigenvalue weighted by molar-refractivity contribution is -0.0222. The van der Waals surface area contributed by atoms with Crippen LogP contribution >= 0.6 is 0 Å². The van der Waals surface area contributed by atoms with Crippen molar-refractivity contribution in [1.29, 1.82) is 0 Å². The van der Waals surface area contributed by atoms with Crippen molar-refractivity contribution >= 4 is 40.6 Å². The van der Waals surface area contributed by atoms with Crippen LogP contribution in [0.1, 0.15) is 52.1 Å². The van der Waals surface area contributed by atoms with Gasteiger partial charge in [0.05, 0.1) is 29.1 Å². The van der Waals surface area contributed by atoms with E-state index in [2.05, 4.69) is 25.5 Å². The van der Waals surface area contributed by atoms with Gasteiger partial charge in [0, 0.05) is 69.0 Å². The minimum atomic E-state index is -2.69. The van der Waals surface area contributed by atoms with E-state index in [4.69, 9.17) is 10.5 Å². The van der Waals surface area contributed by atoms with Gasteiger partial charge in [-0.25, -0.2) is 13.8 Å². The zero-order valence-electron chi connectivity index (χ0n) is 24.9. The molecule has 10 nitrogen and oxygen atoms in total. The van der Waals surface area contributed by atoms with Crippen molar-refractivity contribution in [1.82, 2.24) is 9.97 Å². The average Bonchev–Trinajstić information content (AvgIpc) is 3.70. The standard InChI is InChI=1S/C32H37F2N7O3/c1-20-15-27(39-30(36-20)40-13-10-32(33,34)11-14-40)38-28(42)23-5-3-4-6-25(23)37-29(43)24-8-7-22(35)16-26(24)41-12-9-31(19-44-2)17-21(31)18-41/h3-8,15-16,21H,9-14,17-19,35H2,1-2H3,(H,37,43)(H,36,38,39,42). The van der Waals surface area contributed by atoms with Crippen molar-refractivity contribution in [3.05, 3.63) is 65.4 Å². The van der Waals surface area contributed by atoms with Gasteiger partial charge in [-0.3, -0.25) is 9.59 Å². The van der Waals surface area contributed by atoms with Crippen molar-refractivity contribution in [2.24, 2.45) is 11.3 Å². The molecule has 1 aromatic heterocycles. The number of benzene rings is 2. The van der Waals surface area contributed by atoms with E-state index in [1.54, 1.807) is 61.4 Å². The molecule has 3 fully saturated rings.